The summed E-state index contributed by atoms with van der Waals surface area (Å²) >= 11 is 0. The number of ether oxygens (including phenoxy) is 1. The van der Waals surface area contributed by atoms with E-state index in [2.05, 4.69) is 0 Å². The lowest BCUT2D eigenvalue weighted by molar-refractivity contribution is -0.159. The van der Waals surface area contributed by atoms with E-state index in [1.165, 1.54) is 0 Å². The summed E-state index contributed by atoms with van der Waals surface area (Å²) in [6, 6.07) is 9.81. The summed E-state index contributed by atoms with van der Waals surface area (Å²) in [5.41, 5.74) is 0.812. The fourth-order valence-electron chi connectivity index (χ4n) is 3.43. The van der Waals surface area contributed by atoms with Crippen LogP contribution < -0.4 is 0 Å². The molecule has 0 N–H and O–H groups in total. The second kappa shape index (κ2) is 4.79. The monoisotopic (exact) mass is 286 g/mol. The SMILES string of the molecule is C[C@H]1[C@@H](C(=O)OC2C(=O)CCC2=O)[C@@]1(C)c1ccccc1. The van der Waals surface area contributed by atoms with Crippen molar-refractivity contribution in [3.63, 3.8) is 0 Å². The molecule has 2 aliphatic rings. The Morgan fingerprint density at radius 1 is 1.14 bits per heavy atom. The molecule has 0 aliphatic heterocycles. The molecule has 110 valence electrons. The Bertz CT molecular complexity index is 590. The van der Waals surface area contributed by atoms with E-state index in [0.717, 1.165) is 5.56 Å². The second-order valence-electron chi connectivity index (χ2n) is 6.16. The molecule has 4 nitrogen and oxygen atoms in total. The summed E-state index contributed by atoms with van der Waals surface area (Å²) in [4.78, 5) is 35.5. The topological polar surface area (TPSA) is 60.4 Å². The zero-order valence-electron chi connectivity index (χ0n) is 12.2. The van der Waals surface area contributed by atoms with E-state index in [0.29, 0.717) is 0 Å². The average Bonchev–Trinajstić information content (AvgIpc) is 2.91. The lowest BCUT2D eigenvalue weighted by Gasteiger charge is -2.13. The fourth-order valence-corrected chi connectivity index (χ4v) is 3.43. The first-order chi connectivity index (χ1) is 9.96. The molecule has 3 atom stereocenters. The molecule has 0 saturated heterocycles. The van der Waals surface area contributed by atoms with E-state index in [1.807, 2.05) is 44.2 Å². The molecule has 3 rings (SSSR count). The van der Waals surface area contributed by atoms with Crippen molar-refractivity contribution >= 4 is 17.5 Å². The third-order valence-electron chi connectivity index (χ3n) is 5.07. The van der Waals surface area contributed by atoms with Gasteiger partial charge in [-0.1, -0.05) is 44.2 Å². The summed E-state index contributed by atoms with van der Waals surface area (Å²) < 4.78 is 5.21. The summed E-state index contributed by atoms with van der Waals surface area (Å²) in [5.74, 6) is -1.13. The van der Waals surface area contributed by atoms with Gasteiger partial charge < -0.3 is 4.74 Å². The Hall–Kier alpha value is -1.97. The standard InChI is InChI=1S/C17H18O4/c1-10-14(17(10,2)11-6-4-3-5-7-11)16(20)21-15-12(18)8-9-13(15)19/h3-7,10,14-15H,8-9H2,1-2H3/t10-,14-,17+/m0/s1. The largest absolute Gasteiger partial charge is 0.446 e. The molecule has 1 aromatic rings. The first-order valence-corrected chi connectivity index (χ1v) is 7.27. The Labute approximate surface area is 123 Å². The van der Waals surface area contributed by atoms with Gasteiger partial charge >= 0.3 is 5.97 Å². The minimum absolute atomic E-state index is 0.138. The molecule has 0 unspecified atom stereocenters. The van der Waals surface area contributed by atoms with Gasteiger partial charge in [0.15, 0.2) is 11.6 Å². The van der Waals surface area contributed by atoms with Gasteiger partial charge in [-0.25, -0.2) is 0 Å². The number of carbonyl (C=O) groups is 3. The van der Waals surface area contributed by atoms with Crippen molar-refractivity contribution in [3.8, 4) is 0 Å². The highest BCUT2D eigenvalue weighted by atomic mass is 16.6. The lowest BCUT2D eigenvalue weighted by Crippen LogP contribution is -2.30. The van der Waals surface area contributed by atoms with E-state index in [4.69, 9.17) is 4.74 Å². The molecule has 0 aromatic heterocycles. The predicted molar refractivity (Wildman–Crippen MR) is 75.6 cm³/mol. The number of carbonyl (C=O) groups excluding carboxylic acids is 3. The zero-order valence-corrected chi connectivity index (χ0v) is 12.2. The van der Waals surface area contributed by atoms with Crippen LogP contribution in [-0.2, 0) is 24.5 Å². The summed E-state index contributed by atoms with van der Waals surface area (Å²) in [5, 5.41) is 0. The maximum absolute atomic E-state index is 12.3. The van der Waals surface area contributed by atoms with Crippen LogP contribution in [0.1, 0.15) is 32.3 Å². The number of rotatable bonds is 3. The molecule has 2 aliphatic carbocycles. The predicted octanol–water partition coefficient (Wildman–Crippen LogP) is 2.05. The molecule has 21 heavy (non-hydrogen) atoms. The van der Waals surface area contributed by atoms with Crippen LogP contribution in [-0.4, -0.2) is 23.6 Å². The van der Waals surface area contributed by atoms with E-state index >= 15 is 0 Å². The van der Waals surface area contributed by atoms with Crippen LogP contribution in [0.4, 0.5) is 0 Å². The first kappa shape index (κ1) is 14.0. The van der Waals surface area contributed by atoms with E-state index in [9.17, 15) is 14.4 Å². The maximum atomic E-state index is 12.3. The Morgan fingerprint density at radius 3 is 2.29 bits per heavy atom. The molecule has 0 bridgehead atoms. The van der Waals surface area contributed by atoms with Crippen LogP contribution in [0.5, 0.6) is 0 Å². The molecule has 0 radical (unpaired) electrons. The zero-order chi connectivity index (χ0) is 15.2. The van der Waals surface area contributed by atoms with Crippen LogP contribution in [0, 0.1) is 11.8 Å². The molecular formula is C17H18O4. The molecule has 0 heterocycles. The number of hydrogen-bond acceptors (Lipinski definition) is 4. The van der Waals surface area contributed by atoms with Gasteiger partial charge in [-0.05, 0) is 11.5 Å². The molecule has 0 amide bonds. The number of ketones is 2. The highest BCUT2D eigenvalue weighted by Gasteiger charge is 2.64. The molecule has 4 heteroatoms. The van der Waals surface area contributed by atoms with Gasteiger partial charge in [-0.15, -0.1) is 0 Å². The molecule has 2 saturated carbocycles. The number of esters is 1. The van der Waals surface area contributed by atoms with Crippen molar-refractivity contribution in [3.05, 3.63) is 35.9 Å². The molecule has 1 aromatic carbocycles. The van der Waals surface area contributed by atoms with Crippen LogP contribution >= 0.6 is 0 Å². The van der Waals surface area contributed by atoms with Crippen molar-refractivity contribution in [1.29, 1.82) is 0 Å². The molecule has 0 spiro atoms. The quantitative estimate of drug-likeness (QED) is 0.630. The van der Waals surface area contributed by atoms with Crippen LogP contribution in [0.25, 0.3) is 0 Å². The average molecular weight is 286 g/mol. The van der Waals surface area contributed by atoms with Gasteiger partial charge in [-0.3, -0.25) is 14.4 Å². The first-order valence-electron chi connectivity index (χ1n) is 7.27. The highest BCUT2D eigenvalue weighted by molar-refractivity contribution is 6.12. The van der Waals surface area contributed by atoms with Crippen molar-refractivity contribution in [2.24, 2.45) is 11.8 Å². The van der Waals surface area contributed by atoms with Crippen LogP contribution in [0.3, 0.4) is 0 Å². The van der Waals surface area contributed by atoms with Crippen LogP contribution in [0.2, 0.25) is 0 Å². The van der Waals surface area contributed by atoms with Gasteiger partial charge in [0.05, 0.1) is 5.92 Å². The van der Waals surface area contributed by atoms with Gasteiger partial charge in [-0.2, -0.15) is 0 Å². The van der Waals surface area contributed by atoms with Gasteiger partial charge in [0.2, 0.25) is 6.10 Å². The van der Waals surface area contributed by atoms with E-state index in [-0.39, 0.29) is 41.7 Å². The van der Waals surface area contributed by atoms with Crippen molar-refractivity contribution < 1.29 is 19.1 Å². The number of benzene rings is 1. The Balaban J connectivity index is 1.75. The van der Waals surface area contributed by atoms with Crippen LogP contribution in [0.15, 0.2) is 30.3 Å². The van der Waals surface area contributed by atoms with E-state index < -0.39 is 12.1 Å². The summed E-state index contributed by atoms with van der Waals surface area (Å²) in [7, 11) is 0. The summed E-state index contributed by atoms with van der Waals surface area (Å²) in [6.45, 7) is 4.02. The molecule has 2 fully saturated rings. The van der Waals surface area contributed by atoms with Gasteiger partial charge in [0, 0.05) is 18.3 Å². The summed E-state index contributed by atoms with van der Waals surface area (Å²) in [6.07, 6.45) is -0.787. The Morgan fingerprint density at radius 2 is 1.71 bits per heavy atom. The molecular weight excluding hydrogens is 268 g/mol. The van der Waals surface area contributed by atoms with Crippen molar-refractivity contribution in [2.45, 2.75) is 38.2 Å². The Kier molecular flexibility index (Phi) is 3.19. The normalized spacial score (nSPS) is 32.3. The minimum Gasteiger partial charge on any atom is -0.446 e. The third-order valence-corrected chi connectivity index (χ3v) is 5.07. The lowest BCUT2D eigenvalue weighted by atomic mass is 9.94. The van der Waals surface area contributed by atoms with Crippen molar-refractivity contribution in [2.75, 3.05) is 0 Å². The maximum Gasteiger partial charge on any atom is 0.311 e. The van der Waals surface area contributed by atoms with Gasteiger partial charge in [0.25, 0.3) is 0 Å². The second-order valence-corrected chi connectivity index (χ2v) is 6.16. The fraction of sp³-hybridized carbons (Fsp3) is 0.471. The van der Waals surface area contributed by atoms with Gasteiger partial charge in [0.1, 0.15) is 0 Å². The number of Topliss-reactive ketones (excluding diaryl/α,β-unsaturated/α-hetero) is 2. The van der Waals surface area contributed by atoms with E-state index in [1.54, 1.807) is 0 Å². The third kappa shape index (κ3) is 2.09. The number of hydrogen-bond donors (Lipinski definition) is 0. The highest BCUT2D eigenvalue weighted by Crippen LogP contribution is 2.60. The minimum atomic E-state index is -1.16. The van der Waals surface area contributed by atoms with Crippen molar-refractivity contribution in [1.82, 2.24) is 0 Å². The smallest absolute Gasteiger partial charge is 0.311 e.